The van der Waals surface area contributed by atoms with Crippen LogP contribution in [-0.2, 0) is 17.3 Å². The van der Waals surface area contributed by atoms with E-state index in [4.69, 9.17) is 10.7 Å². The van der Waals surface area contributed by atoms with Crippen molar-refractivity contribution in [3.63, 3.8) is 0 Å². The van der Waals surface area contributed by atoms with Crippen molar-refractivity contribution in [2.45, 2.75) is 31.1 Å². The van der Waals surface area contributed by atoms with Crippen LogP contribution in [0.4, 0.5) is 22.7 Å². The van der Waals surface area contributed by atoms with E-state index in [2.05, 4.69) is 260 Å². The number of rotatable bonds is 13. The van der Waals surface area contributed by atoms with Gasteiger partial charge in [-0.3, -0.25) is 4.99 Å². The second-order valence-electron chi connectivity index (χ2n) is 19.0. The molecule has 0 bridgehead atoms. The molecule has 11 rings (SSSR count). The zero-order chi connectivity index (χ0) is 49.8. The molecule has 0 aliphatic carbocycles. The first-order valence-electron chi connectivity index (χ1n) is 25.0. The molecule has 4 heteroatoms. The summed E-state index contributed by atoms with van der Waals surface area (Å²) in [5.74, 6) is 0. The quantitative estimate of drug-likeness (QED) is 0.0687. The van der Waals surface area contributed by atoms with Gasteiger partial charge in [-0.05, 0) is 118 Å². The molecule has 352 valence electrons. The van der Waals surface area contributed by atoms with E-state index < -0.39 is 10.8 Å². The van der Waals surface area contributed by atoms with Gasteiger partial charge in [-0.2, -0.15) is 0 Å². The topological polar surface area (TPSA) is 65.5 Å². The smallest absolute Gasteiger partial charge is 0.0742 e. The molecule has 3 N–H and O–H groups in total. The number of hydrogen-bond acceptors (Lipinski definition) is 4. The fourth-order valence-corrected chi connectivity index (χ4v) is 11.3. The van der Waals surface area contributed by atoms with Crippen LogP contribution in [0.2, 0.25) is 0 Å². The van der Waals surface area contributed by atoms with Crippen LogP contribution in [0.5, 0.6) is 0 Å². The number of fused-ring (bicyclic) bond motifs is 2. The first-order chi connectivity index (χ1) is 35.9. The number of aliphatic imine (C=N–C) groups is 1. The lowest BCUT2D eigenvalue weighted by Crippen LogP contribution is -2.37. The Bertz CT molecular complexity index is 3490. The van der Waals surface area contributed by atoms with E-state index in [9.17, 15) is 5.41 Å². The average Bonchev–Trinajstić information content (AvgIpc) is 3.45. The lowest BCUT2D eigenvalue weighted by atomic mass is 9.62. The van der Waals surface area contributed by atoms with Crippen molar-refractivity contribution in [2.24, 2.45) is 4.99 Å². The number of anilines is 4. The average molecular weight is 941 g/mol. The SMILES string of the molecule is CC(C)=N/C(=C\C(=N)c1ccc(Cc2ccccc2C(c2ccccc2)(c2ccccc2)c2ccccc2N)cc1)c1ccc(N2c3ccccc3C(c3ccccc3)(c3ccccc3)c3ccccc32)cc1. The molecule has 1 aliphatic rings. The molecule has 0 spiro atoms. The van der Waals surface area contributed by atoms with Gasteiger partial charge in [-0.1, -0.05) is 237 Å². The Labute approximate surface area is 429 Å². The third kappa shape index (κ3) is 8.37. The summed E-state index contributed by atoms with van der Waals surface area (Å²) in [4.78, 5) is 7.40. The van der Waals surface area contributed by atoms with Gasteiger partial charge < -0.3 is 16.0 Å². The minimum atomic E-state index is -0.677. The molecule has 0 fully saturated rings. The Morgan fingerprint density at radius 2 is 0.945 bits per heavy atom. The van der Waals surface area contributed by atoms with Crippen molar-refractivity contribution in [3.8, 4) is 0 Å². The summed E-state index contributed by atoms with van der Waals surface area (Å²) in [5.41, 5.74) is 25.3. The normalized spacial score (nSPS) is 12.8. The number of allylic oxidation sites excluding steroid dienone is 1. The molecule has 0 atom stereocenters. The van der Waals surface area contributed by atoms with E-state index in [-0.39, 0.29) is 0 Å². The van der Waals surface area contributed by atoms with Crippen LogP contribution in [0, 0.1) is 5.41 Å². The molecule has 1 aliphatic heterocycles. The summed E-state index contributed by atoms with van der Waals surface area (Å²) < 4.78 is 0. The first-order valence-corrected chi connectivity index (χ1v) is 25.0. The third-order valence-electron chi connectivity index (χ3n) is 14.4. The van der Waals surface area contributed by atoms with Crippen LogP contribution in [0.1, 0.15) is 80.6 Å². The molecule has 0 saturated carbocycles. The summed E-state index contributed by atoms with van der Waals surface area (Å²) >= 11 is 0. The van der Waals surface area contributed by atoms with Crippen molar-refractivity contribution in [1.29, 1.82) is 5.41 Å². The largest absolute Gasteiger partial charge is 0.398 e. The Morgan fingerprint density at radius 1 is 0.493 bits per heavy atom. The van der Waals surface area contributed by atoms with E-state index in [0.717, 1.165) is 67.5 Å². The Morgan fingerprint density at radius 3 is 1.48 bits per heavy atom. The van der Waals surface area contributed by atoms with Gasteiger partial charge in [-0.15, -0.1) is 0 Å². The van der Waals surface area contributed by atoms with Crippen LogP contribution in [-0.4, -0.2) is 11.4 Å². The maximum Gasteiger partial charge on any atom is 0.0742 e. The Kier molecular flexibility index (Phi) is 12.6. The minimum Gasteiger partial charge on any atom is -0.398 e. The van der Waals surface area contributed by atoms with E-state index in [0.29, 0.717) is 12.1 Å². The maximum atomic E-state index is 9.45. The summed E-state index contributed by atoms with van der Waals surface area (Å²) in [6.07, 6.45) is 2.58. The molecule has 10 aromatic carbocycles. The van der Waals surface area contributed by atoms with Crippen LogP contribution < -0.4 is 10.6 Å². The molecular formula is C69H56N4. The molecule has 0 amide bonds. The fraction of sp³-hybridized carbons (Fsp3) is 0.0725. The molecule has 0 unspecified atom stereocenters. The predicted molar refractivity (Wildman–Crippen MR) is 305 cm³/mol. The van der Waals surface area contributed by atoms with E-state index >= 15 is 0 Å². The highest BCUT2D eigenvalue weighted by atomic mass is 15.2. The van der Waals surface area contributed by atoms with Crippen molar-refractivity contribution in [1.82, 2.24) is 0 Å². The number of nitrogen functional groups attached to an aromatic ring is 1. The second kappa shape index (κ2) is 19.9. The van der Waals surface area contributed by atoms with Gasteiger partial charge in [0.15, 0.2) is 0 Å². The van der Waals surface area contributed by atoms with Crippen molar-refractivity contribution in [3.05, 3.63) is 340 Å². The number of nitrogens with one attached hydrogen (secondary N) is 1. The minimum absolute atomic E-state index is 0.389. The van der Waals surface area contributed by atoms with Crippen LogP contribution in [0.25, 0.3) is 5.70 Å². The van der Waals surface area contributed by atoms with Crippen molar-refractivity contribution < 1.29 is 0 Å². The number of benzene rings is 10. The highest BCUT2D eigenvalue weighted by molar-refractivity contribution is 6.11. The standard InChI is InChI=1S/C69H56N4/c1-49(2)72-65(52-43-45-58(46-44-52)73-66-37-21-18-34-61(66)69(56-28-11-5-12-29-56,57-30-13-6-14-31-57)62-35-19-22-38-67(62)73)48-64(71)51-41-39-50(40-42-51)47-53-23-15-16-32-59(53)68(54-24-7-3-8-25-54,55-26-9-4-10-27-55)60-33-17-20-36-63(60)70/h3-46,48,71H,47,70H2,1-2H3/b65-48-,71-64?. The maximum absolute atomic E-state index is 9.45. The summed E-state index contributed by atoms with van der Waals surface area (Å²) in [6.45, 7) is 4.00. The second-order valence-corrected chi connectivity index (χ2v) is 19.0. The van der Waals surface area contributed by atoms with E-state index in [1.165, 1.54) is 33.4 Å². The molecular weight excluding hydrogens is 885 g/mol. The summed E-state index contributed by atoms with van der Waals surface area (Å²) in [5, 5.41) is 9.45. The number of nitrogens with two attached hydrogens (primary N) is 1. The Hall–Kier alpha value is -9.12. The van der Waals surface area contributed by atoms with Crippen molar-refractivity contribution >= 4 is 39.9 Å². The molecule has 1 heterocycles. The fourth-order valence-electron chi connectivity index (χ4n) is 11.3. The number of nitrogens with zero attached hydrogens (tertiary/aromatic N) is 2. The summed E-state index contributed by atoms with van der Waals surface area (Å²) in [6, 6.07) is 94.9. The third-order valence-corrected chi connectivity index (χ3v) is 14.4. The monoisotopic (exact) mass is 940 g/mol. The lowest BCUT2D eigenvalue weighted by Gasteiger charge is -2.46. The highest BCUT2D eigenvalue weighted by Crippen LogP contribution is 2.57. The van der Waals surface area contributed by atoms with Gasteiger partial charge in [0.25, 0.3) is 0 Å². The van der Waals surface area contributed by atoms with Gasteiger partial charge in [0.05, 0.1) is 33.6 Å². The zero-order valence-corrected chi connectivity index (χ0v) is 41.2. The van der Waals surface area contributed by atoms with Gasteiger partial charge in [-0.25, -0.2) is 0 Å². The predicted octanol–water partition coefficient (Wildman–Crippen LogP) is 16.3. The highest BCUT2D eigenvalue weighted by Gasteiger charge is 2.46. The van der Waals surface area contributed by atoms with Gasteiger partial charge >= 0.3 is 0 Å². The molecule has 10 aromatic rings. The van der Waals surface area contributed by atoms with Crippen LogP contribution in [0.3, 0.4) is 0 Å². The summed E-state index contributed by atoms with van der Waals surface area (Å²) in [7, 11) is 0. The first kappa shape index (κ1) is 46.3. The zero-order valence-electron chi connectivity index (χ0n) is 41.2. The van der Waals surface area contributed by atoms with E-state index in [1.807, 2.05) is 32.1 Å². The van der Waals surface area contributed by atoms with Gasteiger partial charge in [0.2, 0.25) is 0 Å². The van der Waals surface area contributed by atoms with Gasteiger partial charge in [0, 0.05) is 22.6 Å². The molecule has 4 nitrogen and oxygen atoms in total. The molecule has 0 saturated heterocycles. The molecule has 0 aromatic heterocycles. The number of hydrogen-bond donors (Lipinski definition) is 2. The van der Waals surface area contributed by atoms with Gasteiger partial charge in [0.1, 0.15) is 0 Å². The Balaban J connectivity index is 0.919. The molecule has 73 heavy (non-hydrogen) atoms. The molecule has 0 radical (unpaired) electrons. The number of para-hydroxylation sites is 3. The van der Waals surface area contributed by atoms with E-state index in [1.54, 1.807) is 0 Å². The van der Waals surface area contributed by atoms with Crippen molar-refractivity contribution in [2.75, 3.05) is 10.6 Å². The van der Waals surface area contributed by atoms with Crippen LogP contribution >= 0.6 is 0 Å². The van der Waals surface area contributed by atoms with Crippen LogP contribution in [0.15, 0.2) is 278 Å². The lowest BCUT2D eigenvalue weighted by molar-refractivity contribution is 0.731.